The minimum Gasteiger partial charge on any atom is -0.390 e. The van der Waals surface area contributed by atoms with E-state index >= 15 is 0 Å². The van der Waals surface area contributed by atoms with Crippen molar-refractivity contribution in [2.45, 2.75) is 110 Å². The molecule has 33 heavy (non-hydrogen) atoms. The molecule has 0 aromatic carbocycles. The molecule has 0 unspecified atom stereocenters. The lowest BCUT2D eigenvalue weighted by Crippen LogP contribution is -2.32. The molecule has 3 N–H and O–H groups in total. The summed E-state index contributed by atoms with van der Waals surface area (Å²) in [4.78, 5) is 12.0. The first-order chi connectivity index (χ1) is 16.0. The lowest BCUT2D eigenvalue weighted by atomic mass is 9.84. The quantitative estimate of drug-likeness (QED) is 0.111. The highest BCUT2D eigenvalue weighted by Gasteiger charge is 2.28. The van der Waals surface area contributed by atoms with E-state index in [1.807, 2.05) is 61.6 Å². The highest BCUT2D eigenvalue weighted by atomic mass is 16.3. The molecule has 0 aliphatic rings. The van der Waals surface area contributed by atoms with Crippen LogP contribution in [0, 0.1) is 0 Å². The highest BCUT2D eigenvalue weighted by molar-refractivity contribution is 5.92. The van der Waals surface area contributed by atoms with Gasteiger partial charge >= 0.3 is 0 Å². The first kappa shape index (κ1) is 30.9. The van der Waals surface area contributed by atoms with Crippen molar-refractivity contribution in [1.29, 1.82) is 0 Å². The molecular weight excluding hydrogens is 406 g/mol. The van der Waals surface area contributed by atoms with Gasteiger partial charge in [0.05, 0.1) is 5.60 Å². The number of carbonyl (C=O) groups excluding carboxylic acids is 1. The fourth-order valence-corrected chi connectivity index (χ4v) is 3.66. The topological polar surface area (TPSA) is 63.3 Å². The molecule has 3 heteroatoms. The number of unbranched alkanes of at least 4 members (excludes halogenated alkanes) is 7. The number of carbonyl (C=O) groups is 1. The van der Waals surface area contributed by atoms with Crippen LogP contribution in [0.5, 0.6) is 0 Å². The molecule has 3 nitrogen and oxygen atoms in total. The molecule has 0 fully saturated rings. The SMILES string of the molecule is CC=CC=CC=CC=CCCC=CC=C(CC(O)(CCCCCC)CCCCCC)C(N)=O. The van der Waals surface area contributed by atoms with Gasteiger partial charge in [0.15, 0.2) is 0 Å². The van der Waals surface area contributed by atoms with E-state index in [9.17, 15) is 9.90 Å². The van der Waals surface area contributed by atoms with Gasteiger partial charge in [0.2, 0.25) is 5.91 Å². The van der Waals surface area contributed by atoms with Crippen LogP contribution in [0.15, 0.2) is 72.4 Å². The normalized spacial score (nSPS) is 13.6. The monoisotopic (exact) mass is 455 g/mol. The number of primary amides is 1. The molecule has 0 atom stereocenters. The number of rotatable bonds is 20. The van der Waals surface area contributed by atoms with Crippen LogP contribution in [0.4, 0.5) is 0 Å². The summed E-state index contributed by atoms with van der Waals surface area (Å²) in [5.74, 6) is -0.434. The molecule has 0 bridgehead atoms. The summed E-state index contributed by atoms with van der Waals surface area (Å²) in [6.07, 6.45) is 34.4. The number of amides is 1. The third-order valence-corrected chi connectivity index (χ3v) is 5.64. The standard InChI is InChI=1S/C30H49NO2/c1-4-7-10-13-14-15-16-17-18-19-20-21-24-28(29(31)32)27-30(33,25-22-11-8-5-2)26-23-12-9-6-3/h4,7,10,13-17,20-21,24,33H,5-6,8-9,11-12,18-19,22-23,25-27H2,1-3H3,(H2,31,32). The lowest BCUT2D eigenvalue weighted by molar-refractivity contribution is -0.115. The fourth-order valence-electron chi connectivity index (χ4n) is 3.66. The zero-order chi connectivity index (χ0) is 24.6. The Kier molecular flexibility index (Phi) is 20.3. The van der Waals surface area contributed by atoms with E-state index in [4.69, 9.17) is 5.73 Å². The molecule has 0 aromatic rings. The Morgan fingerprint density at radius 3 is 1.79 bits per heavy atom. The third kappa shape index (κ3) is 19.1. The molecule has 186 valence electrons. The van der Waals surface area contributed by atoms with Gasteiger partial charge in [-0.3, -0.25) is 4.79 Å². The molecular formula is C30H49NO2. The highest BCUT2D eigenvalue weighted by Crippen LogP contribution is 2.29. The Hall–Kier alpha value is -2.13. The summed E-state index contributed by atoms with van der Waals surface area (Å²) in [5.41, 5.74) is 5.33. The van der Waals surface area contributed by atoms with E-state index in [-0.39, 0.29) is 0 Å². The number of aliphatic hydroxyl groups is 1. The van der Waals surface area contributed by atoms with Gasteiger partial charge in [0.25, 0.3) is 0 Å². The second kappa shape index (κ2) is 21.7. The second-order valence-corrected chi connectivity index (χ2v) is 8.81. The zero-order valence-electron chi connectivity index (χ0n) is 21.5. The Morgan fingerprint density at radius 1 is 0.758 bits per heavy atom. The average molecular weight is 456 g/mol. The van der Waals surface area contributed by atoms with Gasteiger partial charge in [-0.2, -0.15) is 0 Å². The van der Waals surface area contributed by atoms with E-state index in [1.165, 1.54) is 25.7 Å². The van der Waals surface area contributed by atoms with Crippen LogP contribution < -0.4 is 5.73 Å². The summed E-state index contributed by atoms with van der Waals surface area (Å²) in [6, 6.07) is 0. The maximum Gasteiger partial charge on any atom is 0.244 e. The van der Waals surface area contributed by atoms with Crippen LogP contribution in [-0.4, -0.2) is 16.6 Å². The van der Waals surface area contributed by atoms with E-state index in [2.05, 4.69) is 19.9 Å². The van der Waals surface area contributed by atoms with Crippen molar-refractivity contribution >= 4 is 5.91 Å². The van der Waals surface area contributed by atoms with Gasteiger partial charge in [0, 0.05) is 12.0 Å². The first-order valence-electron chi connectivity index (χ1n) is 13.0. The number of hydrogen-bond donors (Lipinski definition) is 2. The predicted octanol–water partition coefficient (Wildman–Crippen LogP) is 8.04. The third-order valence-electron chi connectivity index (χ3n) is 5.64. The summed E-state index contributed by atoms with van der Waals surface area (Å²) in [5, 5.41) is 11.3. The molecule has 0 heterocycles. The van der Waals surface area contributed by atoms with E-state index < -0.39 is 11.5 Å². The molecule has 0 saturated heterocycles. The summed E-state index contributed by atoms with van der Waals surface area (Å²) >= 11 is 0. The van der Waals surface area contributed by atoms with Gasteiger partial charge in [-0.25, -0.2) is 0 Å². The van der Waals surface area contributed by atoms with Crippen molar-refractivity contribution in [2.75, 3.05) is 0 Å². The van der Waals surface area contributed by atoms with Crippen LogP contribution in [-0.2, 0) is 4.79 Å². The maximum atomic E-state index is 12.0. The van der Waals surface area contributed by atoms with Gasteiger partial charge in [-0.1, -0.05) is 132 Å². The van der Waals surface area contributed by atoms with Crippen LogP contribution in [0.3, 0.4) is 0 Å². The molecule has 0 spiro atoms. The maximum absolute atomic E-state index is 12.0. The molecule has 0 saturated carbocycles. The predicted molar refractivity (Wildman–Crippen MR) is 145 cm³/mol. The molecule has 0 aromatic heterocycles. The Bertz CT molecular complexity index is 653. The largest absolute Gasteiger partial charge is 0.390 e. The Balaban J connectivity index is 4.80. The Morgan fingerprint density at radius 2 is 1.27 bits per heavy atom. The molecule has 0 aliphatic carbocycles. The van der Waals surface area contributed by atoms with Gasteiger partial charge < -0.3 is 10.8 Å². The molecule has 0 aliphatic heterocycles. The number of nitrogens with two attached hydrogens (primary N) is 1. The zero-order valence-corrected chi connectivity index (χ0v) is 21.5. The average Bonchev–Trinajstić information content (AvgIpc) is 2.79. The minimum atomic E-state index is -0.841. The van der Waals surface area contributed by atoms with Crippen molar-refractivity contribution < 1.29 is 9.90 Å². The first-order valence-corrected chi connectivity index (χ1v) is 13.0. The van der Waals surface area contributed by atoms with Crippen molar-refractivity contribution in [2.24, 2.45) is 5.73 Å². The van der Waals surface area contributed by atoms with Crippen LogP contribution in [0.2, 0.25) is 0 Å². The molecule has 0 rings (SSSR count). The van der Waals surface area contributed by atoms with Gasteiger partial charge in [0.1, 0.15) is 0 Å². The van der Waals surface area contributed by atoms with E-state index in [0.29, 0.717) is 12.0 Å². The van der Waals surface area contributed by atoms with Gasteiger partial charge in [-0.15, -0.1) is 0 Å². The molecule has 1 amide bonds. The molecule has 0 radical (unpaired) electrons. The Labute approximate surface area is 203 Å². The summed E-state index contributed by atoms with van der Waals surface area (Å²) in [6.45, 7) is 6.37. The van der Waals surface area contributed by atoms with Crippen molar-refractivity contribution in [1.82, 2.24) is 0 Å². The minimum absolute atomic E-state index is 0.344. The van der Waals surface area contributed by atoms with Gasteiger partial charge in [-0.05, 0) is 32.6 Å². The lowest BCUT2D eigenvalue weighted by Gasteiger charge is -2.29. The van der Waals surface area contributed by atoms with Crippen molar-refractivity contribution in [3.63, 3.8) is 0 Å². The van der Waals surface area contributed by atoms with Crippen molar-refractivity contribution in [3.8, 4) is 0 Å². The van der Waals surface area contributed by atoms with E-state index in [1.54, 1.807) is 6.08 Å². The fraction of sp³-hybridized carbons (Fsp3) is 0.567. The second-order valence-electron chi connectivity index (χ2n) is 8.81. The van der Waals surface area contributed by atoms with E-state index in [0.717, 1.165) is 51.4 Å². The smallest absolute Gasteiger partial charge is 0.244 e. The van der Waals surface area contributed by atoms with Crippen LogP contribution in [0.25, 0.3) is 0 Å². The van der Waals surface area contributed by atoms with Crippen LogP contribution in [0.1, 0.15) is 104 Å². The number of hydrogen-bond acceptors (Lipinski definition) is 2. The summed E-state index contributed by atoms with van der Waals surface area (Å²) in [7, 11) is 0. The summed E-state index contributed by atoms with van der Waals surface area (Å²) < 4.78 is 0. The van der Waals surface area contributed by atoms with Crippen LogP contribution >= 0.6 is 0 Å². The number of allylic oxidation sites excluding steroid dienone is 11. The van der Waals surface area contributed by atoms with Crippen molar-refractivity contribution in [3.05, 3.63) is 72.4 Å².